The Labute approximate surface area is 139 Å². The second-order valence-electron chi connectivity index (χ2n) is 4.12. The van der Waals surface area contributed by atoms with Crippen molar-refractivity contribution in [3.8, 4) is 0 Å². The van der Waals surface area contributed by atoms with Gasteiger partial charge in [-0.2, -0.15) is 0 Å². The number of aromatic nitrogens is 2. The predicted octanol–water partition coefficient (Wildman–Crippen LogP) is 1.80. The van der Waals surface area contributed by atoms with Gasteiger partial charge in [0.05, 0.1) is 18.6 Å². The third kappa shape index (κ3) is 5.49. The number of methoxy groups -OCH3 is 1. The van der Waals surface area contributed by atoms with Gasteiger partial charge in [-0.25, -0.2) is 4.39 Å². The molecule has 10 heteroatoms. The van der Waals surface area contributed by atoms with Gasteiger partial charge in [0.2, 0.25) is 11.0 Å². The maximum atomic E-state index is 13.5. The van der Waals surface area contributed by atoms with Gasteiger partial charge in [-0.15, -0.1) is 10.2 Å². The van der Waals surface area contributed by atoms with E-state index in [1.807, 2.05) is 0 Å². The molecule has 0 aliphatic heterocycles. The van der Waals surface area contributed by atoms with Crippen molar-refractivity contribution < 1.29 is 18.7 Å². The lowest BCUT2D eigenvalue weighted by atomic mass is 10.3. The van der Waals surface area contributed by atoms with Crippen molar-refractivity contribution >= 4 is 45.8 Å². The Morgan fingerprint density at radius 3 is 2.87 bits per heavy atom. The van der Waals surface area contributed by atoms with Crippen LogP contribution in [0.2, 0.25) is 0 Å². The van der Waals surface area contributed by atoms with Crippen LogP contribution in [0.15, 0.2) is 28.6 Å². The van der Waals surface area contributed by atoms with Crippen LogP contribution in [0.4, 0.5) is 15.2 Å². The molecule has 1 aromatic heterocycles. The molecule has 2 aromatic rings. The minimum Gasteiger partial charge on any atom is -0.468 e. The zero-order chi connectivity index (χ0) is 16.7. The number of hydrogen-bond acceptors (Lipinski definition) is 8. The minimum atomic E-state index is -0.518. The van der Waals surface area contributed by atoms with E-state index in [2.05, 4.69) is 25.6 Å². The summed E-state index contributed by atoms with van der Waals surface area (Å²) in [5.74, 6) is -1.14. The van der Waals surface area contributed by atoms with Crippen LogP contribution in [-0.2, 0) is 14.3 Å². The van der Waals surface area contributed by atoms with Crippen molar-refractivity contribution in [3.05, 3.63) is 30.1 Å². The molecule has 0 spiro atoms. The Morgan fingerprint density at radius 1 is 1.35 bits per heavy atom. The zero-order valence-electron chi connectivity index (χ0n) is 12.0. The van der Waals surface area contributed by atoms with E-state index in [-0.39, 0.29) is 24.0 Å². The highest BCUT2D eigenvalue weighted by Crippen LogP contribution is 2.28. The number of anilines is 2. The standard InChI is InChI=1S/C13H13FN4O3S2/c1-21-11(20)6-15-10(19)7-22-13-18-17-12(23-13)16-9-5-3-2-4-8(9)14/h2-5H,6-7H2,1H3,(H,15,19)(H,16,17). The smallest absolute Gasteiger partial charge is 0.325 e. The van der Waals surface area contributed by atoms with Gasteiger partial charge < -0.3 is 15.4 Å². The van der Waals surface area contributed by atoms with E-state index in [1.54, 1.807) is 18.2 Å². The molecule has 0 unspecified atom stereocenters. The maximum Gasteiger partial charge on any atom is 0.325 e. The number of nitrogens with one attached hydrogen (secondary N) is 2. The van der Waals surface area contributed by atoms with Crippen LogP contribution in [0.25, 0.3) is 0 Å². The summed E-state index contributed by atoms with van der Waals surface area (Å²) >= 11 is 2.37. The summed E-state index contributed by atoms with van der Waals surface area (Å²) in [6, 6.07) is 6.22. The molecule has 0 atom stereocenters. The summed E-state index contributed by atoms with van der Waals surface area (Å²) in [5.41, 5.74) is 0.302. The molecular formula is C13H13FN4O3S2. The van der Waals surface area contributed by atoms with Gasteiger partial charge >= 0.3 is 5.97 Å². The van der Waals surface area contributed by atoms with E-state index in [1.165, 1.54) is 36.3 Å². The first-order chi connectivity index (χ1) is 11.1. The highest BCUT2D eigenvalue weighted by atomic mass is 32.2. The number of para-hydroxylation sites is 1. The topological polar surface area (TPSA) is 93.2 Å². The average Bonchev–Trinajstić information content (AvgIpc) is 3.00. The number of halogens is 1. The molecule has 0 saturated carbocycles. The van der Waals surface area contributed by atoms with Crippen molar-refractivity contribution in [2.45, 2.75) is 4.34 Å². The van der Waals surface area contributed by atoms with E-state index >= 15 is 0 Å². The van der Waals surface area contributed by atoms with Gasteiger partial charge in [0.15, 0.2) is 4.34 Å². The van der Waals surface area contributed by atoms with Crippen LogP contribution in [-0.4, -0.2) is 41.5 Å². The average molecular weight is 356 g/mol. The molecule has 2 rings (SSSR count). The summed E-state index contributed by atoms with van der Waals surface area (Å²) in [5, 5.41) is 13.4. The maximum absolute atomic E-state index is 13.5. The molecule has 1 amide bonds. The lowest BCUT2D eigenvalue weighted by Gasteiger charge is -2.02. The van der Waals surface area contributed by atoms with Crippen molar-refractivity contribution in [2.75, 3.05) is 24.7 Å². The van der Waals surface area contributed by atoms with Crippen LogP contribution in [0.1, 0.15) is 0 Å². The fourth-order valence-electron chi connectivity index (χ4n) is 1.42. The molecular weight excluding hydrogens is 343 g/mol. The second-order valence-corrected chi connectivity index (χ2v) is 6.32. The molecule has 1 aromatic carbocycles. The number of esters is 1. The Morgan fingerprint density at radius 2 is 2.13 bits per heavy atom. The van der Waals surface area contributed by atoms with Crippen LogP contribution < -0.4 is 10.6 Å². The second kappa shape index (κ2) is 8.44. The van der Waals surface area contributed by atoms with Crippen LogP contribution >= 0.6 is 23.1 Å². The monoisotopic (exact) mass is 356 g/mol. The van der Waals surface area contributed by atoms with Gasteiger partial charge in [-0.05, 0) is 12.1 Å². The van der Waals surface area contributed by atoms with Crippen molar-refractivity contribution in [1.82, 2.24) is 15.5 Å². The Bertz CT molecular complexity index is 695. The van der Waals surface area contributed by atoms with E-state index in [0.717, 1.165) is 0 Å². The third-order valence-electron chi connectivity index (χ3n) is 2.51. The van der Waals surface area contributed by atoms with Crippen LogP contribution in [0.3, 0.4) is 0 Å². The number of amides is 1. The molecule has 1 heterocycles. The summed E-state index contributed by atoms with van der Waals surface area (Å²) in [6.07, 6.45) is 0. The molecule has 0 fully saturated rings. The number of benzene rings is 1. The highest BCUT2D eigenvalue weighted by Gasteiger charge is 2.10. The fourth-order valence-corrected chi connectivity index (χ4v) is 3.01. The lowest BCUT2D eigenvalue weighted by molar-refractivity contribution is -0.140. The highest BCUT2D eigenvalue weighted by molar-refractivity contribution is 8.01. The number of carbonyl (C=O) groups excluding carboxylic acids is 2. The summed E-state index contributed by atoms with van der Waals surface area (Å²) < 4.78 is 18.5. The van der Waals surface area contributed by atoms with E-state index in [4.69, 9.17) is 0 Å². The van der Waals surface area contributed by atoms with Gasteiger partial charge in [0, 0.05) is 0 Å². The summed E-state index contributed by atoms with van der Waals surface area (Å²) in [6.45, 7) is -0.175. The number of thioether (sulfide) groups is 1. The van der Waals surface area contributed by atoms with Crippen molar-refractivity contribution in [3.63, 3.8) is 0 Å². The molecule has 23 heavy (non-hydrogen) atoms. The van der Waals surface area contributed by atoms with Crippen LogP contribution in [0, 0.1) is 5.82 Å². The normalized spacial score (nSPS) is 10.2. The van der Waals surface area contributed by atoms with Crippen LogP contribution in [0.5, 0.6) is 0 Å². The first-order valence-corrected chi connectivity index (χ1v) is 8.20. The molecule has 7 nitrogen and oxygen atoms in total. The first-order valence-electron chi connectivity index (χ1n) is 6.40. The number of rotatable bonds is 7. The molecule has 0 aliphatic rings. The predicted molar refractivity (Wildman–Crippen MR) is 85.3 cm³/mol. The fraction of sp³-hybridized carbons (Fsp3) is 0.231. The largest absolute Gasteiger partial charge is 0.468 e. The lowest BCUT2D eigenvalue weighted by Crippen LogP contribution is -2.31. The number of ether oxygens (including phenoxy) is 1. The quantitative estimate of drug-likeness (QED) is 0.577. The van der Waals surface area contributed by atoms with Gasteiger partial charge in [0.1, 0.15) is 12.4 Å². The SMILES string of the molecule is COC(=O)CNC(=O)CSc1nnc(Nc2ccccc2F)s1. The molecule has 0 saturated heterocycles. The molecule has 122 valence electrons. The minimum absolute atomic E-state index is 0.0886. The number of nitrogens with zero attached hydrogens (tertiary/aromatic N) is 2. The number of hydrogen-bond donors (Lipinski definition) is 2. The third-order valence-corrected chi connectivity index (χ3v) is 4.48. The molecule has 0 bridgehead atoms. The molecule has 0 radical (unpaired) electrons. The summed E-state index contributed by atoms with van der Waals surface area (Å²) in [7, 11) is 1.24. The van der Waals surface area contributed by atoms with Gasteiger partial charge in [0.25, 0.3) is 0 Å². The molecule has 2 N–H and O–H groups in total. The Hall–Kier alpha value is -2.20. The molecule has 0 aliphatic carbocycles. The van der Waals surface area contributed by atoms with E-state index < -0.39 is 5.97 Å². The zero-order valence-corrected chi connectivity index (χ0v) is 13.7. The van der Waals surface area contributed by atoms with Crippen molar-refractivity contribution in [2.24, 2.45) is 0 Å². The number of carbonyl (C=O) groups is 2. The van der Waals surface area contributed by atoms with E-state index in [9.17, 15) is 14.0 Å². The van der Waals surface area contributed by atoms with Crippen molar-refractivity contribution in [1.29, 1.82) is 0 Å². The first kappa shape index (κ1) is 17.2. The van der Waals surface area contributed by atoms with Gasteiger partial charge in [-0.1, -0.05) is 35.2 Å². The van der Waals surface area contributed by atoms with Gasteiger partial charge in [-0.3, -0.25) is 9.59 Å². The Kier molecular flexibility index (Phi) is 6.29. The van der Waals surface area contributed by atoms with E-state index in [0.29, 0.717) is 15.2 Å². The Balaban J connectivity index is 1.82. The summed E-state index contributed by atoms with van der Waals surface area (Å²) in [4.78, 5) is 22.4.